The number of pyridine rings is 1. The van der Waals surface area contributed by atoms with Crippen molar-refractivity contribution in [2.45, 2.75) is 32.2 Å². The number of hydrogen-bond donors (Lipinski definition) is 1. The molecule has 2 aromatic rings. The molecule has 0 atom stereocenters. The molecule has 0 unspecified atom stereocenters. The fourth-order valence-electron chi connectivity index (χ4n) is 2.19. The van der Waals surface area contributed by atoms with Gasteiger partial charge in [0.25, 0.3) is 0 Å². The lowest BCUT2D eigenvalue weighted by Gasteiger charge is -2.08. The van der Waals surface area contributed by atoms with E-state index in [4.69, 9.17) is 10.7 Å². The lowest BCUT2D eigenvalue weighted by molar-refractivity contribution is 1.01. The molecule has 1 heterocycles. The maximum absolute atomic E-state index is 5.83. The highest BCUT2D eigenvalue weighted by atomic mass is 14.7. The molecule has 0 radical (unpaired) electrons. The lowest BCUT2D eigenvalue weighted by Crippen LogP contribution is -2.01. The highest BCUT2D eigenvalue weighted by Gasteiger charge is 2.25. The van der Waals surface area contributed by atoms with E-state index in [9.17, 15) is 0 Å². The minimum Gasteiger partial charge on any atom is -0.326 e. The summed E-state index contributed by atoms with van der Waals surface area (Å²) >= 11 is 0. The van der Waals surface area contributed by atoms with Crippen LogP contribution >= 0.6 is 0 Å². The Morgan fingerprint density at radius 2 is 2.12 bits per heavy atom. The summed E-state index contributed by atoms with van der Waals surface area (Å²) in [6.45, 7) is 2.71. The highest BCUT2D eigenvalue weighted by molar-refractivity contribution is 5.83. The summed E-state index contributed by atoms with van der Waals surface area (Å²) in [5.74, 6) is 0.691. The van der Waals surface area contributed by atoms with Gasteiger partial charge in [-0.2, -0.15) is 0 Å². The largest absolute Gasteiger partial charge is 0.326 e. The van der Waals surface area contributed by atoms with Crippen molar-refractivity contribution < 1.29 is 0 Å². The third-order valence-corrected chi connectivity index (χ3v) is 3.29. The third-order valence-electron chi connectivity index (χ3n) is 3.29. The molecule has 0 bridgehead atoms. The second-order valence-corrected chi connectivity index (χ2v) is 4.71. The van der Waals surface area contributed by atoms with Gasteiger partial charge < -0.3 is 5.73 Å². The number of benzene rings is 1. The molecule has 1 aromatic carbocycles. The van der Waals surface area contributed by atoms with E-state index in [0.29, 0.717) is 12.5 Å². The van der Waals surface area contributed by atoms with E-state index in [1.54, 1.807) is 0 Å². The van der Waals surface area contributed by atoms with Crippen molar-refractivity contribution in [2.24, 2.45) is 5.73 Å². The number of aromatic nitrogens is 1. The van der Waals surface area contributed by atoms with Crippen molar-refractivity contribution in [3.63, 3.8) is 0 Å². The highest BCUT2D eigenvalue weighted by Crippen LogP contribution is 2.40. The number of nitrogens with zero attached hydrogens (tertiary/aromatic N) is 1. The molecule has 2 heteroatoms. The van der Waals surface area contributed by atoms with Crippen LogP contribution < -0.4 is 5.73 Å². The van der Waals surface area contributed by atoms with Gasteiger partial charge in [-0.15, -0.1) is 0 Å². The first-order valence-corrected chi connectivity index (χ1v) is 5.88. The zero-order valence-corrected chi connectivity index (χ0v) is 9.53. The van der Waals surface area contributed by atoms with E-state index in [0.717, 1.165) is 5.52 Å². The maximum atomic E-state index is 5.83. The van der Waals surface area contributed by atoms with E-state index in [1.807, 2.05) is 0 Å². The molecule has 1 aliphatic rings. The van der Waals surface area contributed by atoms with Crippen LogP contribution in [0.25, 0.3) is 10.9 Å². The number of rotatable bonds is 2. The summed E-state index contributed by atoms with van der Waals surface area (Å²) in [7, 11) is 0. The van der Waals surface area contributed by atoms with Crippen LogP contribution in [0.3, 0.4) is 0 Å². The second-order valence-electron chi connectivity index (χ2n) is 4.71. The van der Waals surface area contributed by atoms with E-state index in [2.05, 4.69) is 31.2 Å². The van der Waals surface area contributed by atoms with Crippen molar-refractivity contribution in [3.05, 3.63) is 41.1 Å². The first kappa shape index (κ1) is 9.79. The van der Waals surface area contributed by atoms with Crippen molar-refractivity contribution in [1.82, 2.24) is 4.98 Å². The van der Waals surface area contributed by atoms with Crippen molar-refractivity contribution in [2.75, 3.05) is 0 Å². The average molecular weight is 212 g/mol. The molecule has 16 heavy (non-hydrogen) atoms. The molecular weight excluding hydrogens is 196 g/mol. The minimum absolute atomic E-state index is 0.599. The van der Waals surface area contributed by atoms with Crippen LogP contribution in [0.15, 0.2) is 24.3 Å². The monoisotopic (exact) mass is 212 g/mol. The Hall–Kier alpha value is -1.41. The number of hydrogen-bond acceptors (Lipinski definition) is 2. The first-order valence-electron chi connectivity index (χ1n) is 5.88. The van der Waals surface area contributed by atoms with Gasteiger partial charge in [0.1, 0.15) is 0 Å². The molecule has 1 fully saturated rings. The molecule has 82 valence electrons. The molecule has 2 nitrogen and oxygen atoms in total. The molecule has 1 saturated carbocycles. The van der Waals surface area contributed by atoms with Gasteiger partial charge in [-0.3, -0.25) is 4.98 Å². The van der Waals surface area contributed by atoms with E-state index in [1.165, 1.54) is 35.0 Å². The van der Waals surface area contributed by atoms with Gasteiger partial charge in [0.2, 0.25) is 0 Å². The van der Waals surface area contributed by atoms with Crippen LogP contribution in [0.4, 0.5) is 0 Å². The SMILES string of the molecule is Cc1ccc2nc(C3CC3)cc(CN)c2c1. The normalized spacial score (nSPS) is 15.6. The van der Waals surface area contributed by atoms with Crippen molar-refractivity contribution in [3.8, 4) is 0 Å². The Morgan fingerprint density at radius 3 is 2.81 bits per heavy atom. The number of nitrogens with two attached hydrogens (primary N) is 1. The molecule has 2 N–H and O–H groups in total. The van der Waals surface area contributed by atoms with Crippen LogP contribution in [-0.2, 0) is 6.54 Å². The molecule has 0 spiro atoms. The number of fused-ring (bicyclic) bond motifs is 1. The number of aryl methyl sites for hydroxylation is 1. The van der Waals surface area contributed by atoms with Gasteiger partial charge >= 0.3 is 0 Å². The molecule has 1 aromatic heterocycles. The van der Waals surface area contributed by atoms with Crippen molar-refractivity contribution in [1.29, 1.82) is 0 Å². The van der Waals surface area contributed by atoms with E-state index in [-0.39, 0.29) is 0 Å². The summed E-state index contributed by atoms with van der Waals surface area (Å²) in [5.41, 5.74) is 10.7. The van der Waals surface area contributed by atoms with E-state index < -0.39 is 0 Å². The zero-order chi connectivity index (χ0) is 11.1. The zero-order valence-electron chi connectivity index (χ0n) is 9.53. The summed E-state index contributed by atoms with van der Waals surface area (Å²) in [4.78, 5) is 4.73. The fourth-order valence-corrected chi connectivity index (χ4v) is 2.19. The standard InChI is InChI=1S/C14H16N2/c1-9-2-5-13-12(6-9)11(8-15)7-14(16-13)10-3-4-10/h2,5-7,10H,3-4,8,15H2,1H3. The summed E-state index contributed by atoms with van der Waals surface area (Å²) in [6, 6.07) is 8.60. The maximum Gasteiger partial charge on any atom is 0.0708 e. The van der Waals surface area contributed by atoms with Crippen LogP contribution in [0.5, 0.6) is 0 Å². The van der Waals surface area contributed by atoms with Gasteiger partial charge in [-0.05, 0) is 43.5 Å². The summed E-state index contributed by atoms with van der Waals surface area (Å²) in [6.07, 6.45) is 2.57. The van der Waals surface area contributed by atoms with Crippen LogP contribution in [0.2, 0.25) is 0 Å². The fraction of sp³-hybridized carbons (Fsp3) is 0.357. The minimum atomic E-state index is 0.599. The van der Waals surface area contributed by atoms with E-state index >= 15 is 0 Å². The van der Waals surface area contributed by atoms with Crippen molar-refractivity contribution >= 4 is 10.9 Å². The molecular formula is C14H16N2. The van der Waals surface area contributed by atoms with Gasteiger partial charge in [-0.1, -0.05) is 11.6 Å². The summed E-state index contributed by atoms with van der Waals surface area (Å²) < 4.78 is 0. The summed E-state index contributed by atoms with van der Waals surface area (Å²) in [5, 5.41) is 1.21. The molecule has 3 rings (SSSR count). The van der Waals surface area contributed by atoms with Gasteiger partial charge in [0.05, 0.1) is 5.52 Å². The predicted octanol–water partition coefficient (Wildman–Crippen LogP) is 2.88. The predicted molar refractivity (Wildman–Crippen MR) is 66.3 cm³/mol. The van der Waals surface area contributed by atoms with Gasteiger partial charge in [0.15, 0.2) is 0 Å². The molecule has 0 aliphatic heterocycles. The van der Waals surface area contributed by atoms with Crippen LogP contribution in [-0.4, -0.2) is 4.98 Å². The average Bonchev–Trinajstić information content (AvgIpc) is 3.11. The van der Waals surface area contributed by atoms with Crippen LogP contribution in [0, 0.1) is 6.92 Å². The quantitative estimate of drug-likeness (QED) is 0.831. The molecule has 0 saturated heterocycles. The smallest absolute Gasteiger partial charge is 0.0708 e. The Morgan fingerprint density at radius 1 is 1.31 bits per heavy atom. The van der Waals surface area contributed by atoms with Crippen LogP contribution in [0.1, 0.15) is 35.6 Å². The Labute approximate surface area is 95.5 Å². The third kappa shape index (κ3) is 1.59. The topological polar surface area (TPSA) is 38.9 Å². The Balaban J connectivity index is 2.25. The molecule has 1 aliphatic carbocycles. The second kappa shape index (κ2) is 3.56. The van der Waals surface area contributed by atoms with Gasteiger partial charge in [0, 0.05) is 23.5 Å². The lowest BCUT2D eigenvalue weighted by atomic mass is 10.0. The Kier molecular flexibility index (Phi) is 2.18. The first-order chi connectivity index (χ1) is 7.78. The Bertz CT molecular complexity index is 542. The molecule has 0 amide bonds. The van der Waals surface area contributed by atoms with Gasteiger partial charge in [-0.25, -0.2) is 0 Å².